The van der Waals surface area contributed by atoms with E-state index < -0.39 is 10.0 Å². The first-order valence-corrected chi connectivity index (χ1v) is 9.79. The van der Waals surface area contributed by atoms with Gasteiger partial charge in [0, 0.05) is 26.1 Å². The van der Waals surface area contributed by atoms with Crippen LogP contribution in [-0.4, -0.2) is 52.6 Å². The molecule has 7 heteroatoms. The van der Waals surface area contributed by atoms with Crippen LogP contribution in [0.1, 0.15) is 18.4 Å². The number of nitrogens with zero attached hydrogens (tertiary/aromatic N) is 1. The third-order valence-electron chi connectivity index (χ3n) is 5.52. The van der Waals surface area contributed by atoms with E-state index in [0.717, 1.165) is 25.9 Å². The fourth-order valence-electron chi connectivity index (χ4n) is 4.02. The minimum Gasteiger partial charge on any atom is -0.384 e. The summed E-state index contributed by atoms with van der Waals surface area (Å²) in [6.07, 6.45) is 1.91. The zero-order valence-corrected chi connectivity index (χ0v) is 15.0. The van der Waals surface area contributed by atoms with Gasteiger partial charge < -0.3 is 10.1 Å². The van der Waals surface area contributed by atoms with Gasteiger partial charge in [-0.25, -0.2) is 12.8 Å². The molecule has 3 rings (SSSR count). The summed E-state index contributed by atoms with van der Waals surface area (Å²) in [5.41, 5.74) is 0.323. The monoisotopic (exact) mass is 356 g/mol. The van der Waals surface area contributed by atoms with E-state index in [0.29, 0.717) is 25.3 Å². The molecule has 0 saturated carbocycles. The Bertz CT molecular complexity index is 702. The molecule has 0 aliphatic carbocycles. The number of aryl methyl sites for hydroxylation is 1. The van der Waals surface area contributed by atoms with Crippen LogP contribution >= 0.6 is 0 Å². The van der Waals surface area contributed by atoms with E-state index in [-0.39, 0.29) is 22.0 Å². The molecule has 2 aliphatic heterocycles. The van der Waals surface area contributed by atoms with Gasteiger partial charge in [0.25, 0.3) is 0 Å². The lowest BCUT2D eigenvalue weighted by atomic mass is 9.71. The predicted octanol–water partition coefficient (Wildman–Crippen LogP) is 1.77. The summed E-state index contributed by atoms with van der Waals surface area (Å²) >= 11 is 0. The number of ether oxygens (including phenoxy) is 1. The number of rotatable bonds is 4. The van der Waals surface area contributed by atoms with Crippen molar-refractivity contribution in [3.05, 3.63) is 29.6 Å². The molecular weight excluding hydrogens is 331 g/mol. The Hall–Kier alpha value is -1.02. The highest BCUT2D eigenvalue weighted by molar-refractivity contribution is 7.89. The van der Waals surface area contributed by atoms with Crippen LogP contribution in [0.3, 0.4) is 0 Å². The smallest absolute Gasteiger partial charge is 0.243 e. The lowest BCUT2D eigenvalue weighted by Gasteiger charge is -2.38. The fraction of sp³-hybridized carbons (Fsp3) is 0.647. The van der Waals surface area contributed by atoms with E-state index in [1.54, 1.807) is 18.3 Å². The van der Waals surface area contributed by atoms with Crippen LogP contribution in [0.15, 0.2) is 23.1 Å². The first-order chi connectivity index (χ1) is 11.4. The maximum Gasteiger partial charge on any atom is 0.243 e. The van der Waals surface area contributed by atoms with Crippen LogP contribution in [0, 0.1) is 24.1 Å². The lowest BCUT2D eigenvalue weighted by molar-refractivity contribution is 0.0718. The first kappa shape index (κ1) is 17.8. The molecule has 134 valence electrons. The number of halogens is 1. The fourth-order valence-corrected chi connectivity index (χ4v) is 5.68. The number of nitrogens with one attached hydrogen (secondary N) is 1. The molecule has 1 unspecified atom stereocenters. The Kier molecular flexibility index (Phi) is 4.97. The van der Waals surface area contributed by atoms with Gasteiger partial charge in [0.15, 0.2) is 0 Å². The largest absolute Gasteiger partial charge is 0.384 e. The second-order valence-corrected chi connectivity index (χ2v) is 8.91. The van der Waals surface area contributed by atoms with Gasteiger partial charge in [-0.3, -0.25) is 0 Å². The van der Waals surface area contributed by atoms with Crippen LogP contribution in [0.5, 0.6) is 0 Å². The molecule has 1 N–H and O–H groups in total. The van der Waals surface area contributed by atoms with Crippen LogP contribution < -0.4 is 5.32 Å². The summed E-state index contributed by atoms with van der Waals surface area (Å²) < 4.78 is 46.4. The Labute approximate surface area is 143 Å². The molecule has 24 heavy (non-hydrogen) atoms. The summed E-state index contributed by atoms with van der Waals surface area (Å²) in [5, 5.41) is 3.35. The van der Waals surface area contributed by atoms with Gasteiger partial charge in [0.2, 0.25) is 10.0 Å². The number of methoxy groups -OCH3 is 1. The van der Waals surface area contributed by atoms with Crippen LogP contribution in [0.4, 0.5) is 4.39 Å². The van der Waals surface area contributed by atoms with Crippen molar-refractivity contribution in [3.63, 3.8) is 0 Å². The molecule has 1 spiro atoms. The standard InChI is InChI=1S/C17H25FN2O3S/c1-13-9-15(3-4-16(13)18)24(21,22)20-10-14(11-23-2)17(12-20)5-7-19-8-6-17/h3-4,9,14,19H,5-8,10-12H2,1-2H3. The Balaban J connectivity index is 1.89. The summed E-state index contributed by atoms with van der Waals surface area (Å²) in [6.45, 7) is 4.94. The average molecular weight is 356 g/mol. The molecule has 1 aromatic carbocycles. The summed E-state index contributed by atoms with van der Waals surface area (Å²) in [7, 11) is -1.95. The molecular formula is C17H25FN2O3S. The Morgan fingerprint density at radius 2 is 2.08 bits per heavy atom. The second-order valence-electron chi connectivity index (χ2n) is 6.97. The minimum atomic E-state index is -3.61. The molecule has 2 aliphatic rings. The van der Waals surface area contributed by atoms with Crippen molar-refractivity contribution in [2.24, 2.45) is 11.3 Å². The van der Waals surface area contributed by atoms with Crippen molar-refractivity contribution in [2.45, 2.75) is 24.7 Å². The molecule has 0 radical (unpaired) electrons. The first-order valence-electron chi connectivity index (χ1n) is 8.35. The van der Waals surface area contributed by atoms with E-state index in [4.69, 9.17) is 4.74 Å². The average Bonchev–Trinajstić information content (AvgIpc) is 2.90. The molecule has 0 amide bonds. The van der Waals surface area contributed by atoms with E-state index in [1.165, 1.54) is 18.2 Å². The third-order valence-corrected chi connectivity index (χ3v) is 7.32. The Morgan fingerprint density at radius 3 is 2.71 bits per heavy atom. The topological polar surface area (TPSA) is 58.6 Å². The van der Waals surface area contributed by atoms with Crippen molar-refractivity contribution >= 4 is 10.0 Å². The molecule has 2 heterocycles. The highest BCUT2D eigenvalue weighted by Gasteiger charge is 2.50. The molecule has 2 saturated heterocycles. The zero-order valence-electron chi connectivity index (χ0n) is 14.2. The lowest BCUT2D eigenvalue weighted by Crippen LogP contribution is -2.43. The molecule has 5 nitrogen and oxygen atoms in total. The van der Waals surface area contributed by atoms with Gasteiger partial charge in [-0.05, 0) is 62.0 Å². The third kappa shape index (κ3) is 3.10. The maximum atomic E-state index is 13.5. The molecule has 1 atom stereocenters. The summed E-state index contributed by atoms with van der Waals surface area (Å²) in [4.78, 5) is 0.170. The summed E-state index contributed by atoms with van der Waals surface area (Å²) in [6, 6.07) is 4.01. The van der Waals surface area contributed by atoms with Gasteiger partial charge in [-0.1, -0.05) is 0 Å². The second kappa shape index (κ2) is 6.71. The van der Waals surface area contributed by atoms with Gasteiger partial charge in [-0.2, -0.15) is 4.31 Å². The van der Waals surface area contributed by atoms with Gasteiger partial charge in [0.05, 0.1) is 11.5 Å². The highest BCUT2D eigenvalue weighted by atomic mass is 32.2. The molecule has 2 fully saturated rings. The van der Waals surface area contributed by atoms with Gasteiger partial charge in [-0.15, -0.1) is 0 Å². The van der Waals surface area contributed by atoms with Gasteiger partial charge >= 0.3 is 0 Å². The van der Waals surface area contributed by atoms with E-state index in [2.05, 4.69) is 5.32 Å². The van der Waals surface area contributed by atoms with Crippen molar-refractivity contribution in [1.29, 1.82) is 0 Å². The number of sulfonamides is 1. The van der Waals surface area contributed by atoms with E-state index in [9.17, 15) is 12.8 Å². The molecule has 0 aromatic heterocycles. The maximum absolute atomic E-state index is 13.5. The number of hydrogen-bond acceptors (Lipinski definition) is 4. The SMILES string of the molecule is COCC1CN(S(=O)(=O)c2ccc(F)c(C)c2)CC12CCNCC2. The van der Waals surface area contributed by atoms with Crippen molar-refractivity contribution in [3.8, 4) is 0 Å². The number of benzene rings is 1. The normalized spacial score (nSPS) is 24.5. The van der Waals surface area contributed by atoms with Gasteiger partial charge in [0.1, 0.15) is 5.82 Å². The highest BCUT2D eigenvalue weighted by Crippen LogP contribution is 2.45. The Morgan fingerprint density at radius 1 is 1.38 bits per heavy atom. The van der Waals surface area contributed by atoms with E-state index in [1.807, 2.05) is 0 Å². The van der Waals surface area contributed by atoms with Crippen LogP contribution in [-0.2, 0) is 14.8 Å². The van der Waals surface area contributed by atoms with Crippen molar-refractivity contribution in [1.82, 2.24) is 9.62 Å². The van der Waals surface area contributed by atoms with Crippen LogP contribution in [0.25, 0.3) is 0 Å². The number of piperidine rings is 1. The summed E-state index contributed by atoms with van der Waals surface area (Å²) in [5.74, 6) is -0.191. The van der Waals surface area contributed by atoms with Crippen LogP contribution in [0.2, 0.25) is 0 Å². The molecule has 1 aromatic rings. The number of hydrogen-bond donors (Lipinski definition) is 1. The minimum absolute atomic E-state index is 0.0244. The van der Waals surface area contributed by atoms with E-state index >= 15 is 0 Å². The quantitative estimate of drug-likeness (QED) is 0.893. The van der Waals surface area contributed by atoms with Crippen molar-refractivity contribution in [2.75, 3.05) is 39.9 Å². The van der Waals surface area contributed by atoms with Crippen molar-refractivity contribution < 1.29 is 17.5 Å². The zero-order chi connectivity index (χ0) is 17.4. The molecule has 0 bridgehead atoms. The predicted molar refractivity (Wildman–Crippen MR) is 89.8 cm³/mol.